The second-order valence-electron chi connectivity index (χ2n) is 4.04. The average molecular weight is 238 g/mol. The topological polar surface area (TPSA) is 78.4 Å². The van der Waals surface area contributed by atoms with E-state index < -0.39 is 16.3 Å². The van der Waals surface area contributed by atoms with E-state index in [-0.39, 0.29) is 12.5 Å². The smallest absolute Gasteiger partial charge is 0.277 e. The zero-order chi connectivity index (χ0) is 11.9. The highest BCUT2D eigenvalue weighted by Gasteiger charge is 2.11. The Morgan fingerprint density at radius 2 is 1.73 bits per heavy atom. The number of nitrogens with one attached hydrogen (secondary N) is 2. The molecule has 0 spiro atoms. The lowest BCUT2D eigenvalue weighted by molar-refractivity contribution is 0.167. The molecule has 0 radical (unpaired) electrons. The van der Waals surface area contributed by atoms with Gasteiger partial charge >= 0.3 is 0 Å². The van der Waals surface area contributed by atoms with Crippen molar-refractivity contribution in [1.82, 2.24) is 9.44 Å². The van der Waals surface area contributed by atoms with Gasteiger partial charge in [-0.2, -0.15) is 13.1 Å². The standard InChI is InChI=1S/C9H22N2O3S/c1-4-5-9(12)7-11-15(13,14)10-6-8(2)3/h8-12H,4-7H2,1-3H3. The minimum Gasteiger partial charge on any atom is -0.392 e. The van der Waals surface area contributed by atoms with Crippen molar-refractivity contribution in [2.24, 2.45) is 5.92 Å². The van der Waals surface area contributed by atoms with Crippen molar-refractivity contribution in [1.29, 1.82) is 0 Å². The van der Waals surface area contributed by atoms with Crippen molar-refractivity contribution in [2.45, 2.75) is 39.7 Å². The van der Waals surface area contributed by atoms with E-state index in [4.69, 9.17) is 0 Å². The largest absolute Gasteiger partial charge is 0.392 e. The SMILES string of the molecule is CCCC(O)CNS(=O)(=O)NCC(C)C. The summed E-state index contributed by atoms with van der Waals surface area (Å²) in [6, 6.07) is 0. The summed E-state index contributed by atoms with van der Waals surface area (Å²) < 4.78 is 27.3. The summed E-state index contributed by atoms with van der Waals surface area (Å²) in [7, 11) is -3.45. The number of rotatable bonds is 8. The summed E-state index contributed by atoms with van der Waals surface area (Å²) in [5, 5.41) is 9.34. The number of aliphatic hydroxyl groups excluding tert-OH is 1. The third-order valence-electron chi connectivity index (χ3n) is 1.81. The van der Waals surface area contributed by atoms with Crippen molar-refractivity contribution >= 4 is 10.2 Å². The minimum absolute atomic E-state index is 0.0707. The molecule has 0 amide bonds. The summed E-state index contributed by atoms with van der Waals surface area (Å²) in [6.07, 6.45) is 0.834. The van der Waals surface area contributed by atoms with Crippen LogP contribution in [0.4, 0.5) is 0 Å². The maximum absolute atomic E-state index is 11.3. The van der Waals surface area contributed by atoms with E-state index in [9.17, 15) is 13.5 Å². The first-order chi connectivity index (χ1) is 6.87. The number of aliphatic hydroxyl groups is 1. The summed E-state index contributed by atoms with van der Waals surface area (Å²) in [6.45, 7) is 6.26. The third kappa shape index (κ3) is 8.80. The maximum Gasteiger partial charge on any atom is 0.277 e. The molecule has 3 N–H and O–H groups in total. The predicted molar refractivity (Wildman–Crippen MR) is 60.7 cm³/mol. The van der Waals surface area contributed by atoms with E-state index in [1.54, 1.807) is 0 Å². The van der Waals surface area contributed by atoms with E-state index in [1.165, 1.54) is 0 Å². The second-order valence-corrected chi connectivity index (χ2v) is 5.62. The van der Waals surface area contributed by atoms with Gasteiger partial charge in [0, 0.05) is 13.1 Å². The molecule has 0 rings (SSSR count). The van der Waals surface area contributed by atoms with E-state index >= 15 is 0 Å². The van der Waals surface area contributed by atoms with Crippen LogP contribution in [-0.4, -0.2) is 32.7 Å². The molecule has 5 nitrogen and oxygen atoms in total. The molecule has 1 unspecified atom stereocenters. The average Bonchev–Trinajstić information content (AvgIpc) is 2.13. The van der Waals surface area contributed by atoms with Crippen LogP contribution >= 0.6 is 0 Å². The van der Waals surface area contributed by atoms with Crippen LogP contribution in [0.15, 0.2) is 0 Å². The highest BCUT2D eigenvalue weighted by Crippen LogP contribution is 1.95. The first-order valence-corrected chi connectivity index (χ1v) is 6.78. The molecule has 0 aromatic rings. The van der Waals surface area contributed by atoms with Gasteiger partial charge in [0.1, 0.15) is 0 Å². The van der Waals surface area contributed by atoms with E-state index in [0.717, 1.165) is 6.42 Å². The Morgan fingerprint density at radius 3 is 2.20 bits per heavy atom. The first kappa shape index (κ1) is 14.8. The lowest BCUT2D eigenvalue weighted by Crippen LogP contribution is -2.41. The normalized spacial score (nSPS) is 14.5. The Morgan fingerprint density at radius 1 is 1.20 bits per heavy atom. The van der Waals surface area contributed by atoms with Crippen LogP contribution in [0.25, 0.3) is 0 Å². The molecule has 6 heteroatoms. The molecule has 0 saturated heterocycles. The summed E-state index contributed by atoms with van der Waals surface area (Å²) in [5.41, 5.74) is 0. The van der Waals surface area contributed by atoms with Gasteiger partial charge in [0.2, 0.25) is 0 Å². The van der Waals surface area contributed by atoms with Crippen molar-refractivity contribution < 1.29 is 13.5 Å². The van der Waals surface area contributed by atoms with Crippen LogP contribution in [0.5, 0.6) is 0 Å². The lowest BCUT2D eigenvalue weighted by Gasteiger charge is -2.12. The predicted octanol–water partition coefficient (Wildman–Crippen LogP) is 0.227. The molecule has 0 heterocycles. The molecular formula is C9H22N2O3S. The molecule has 0 fully saturated rings. The van der Waals surface area contributed by atoms with Gasteiger partial charge in [-0.15, -0.1) is 0 Å². The van der Waals surface area contributed by atoms with Crippen LogP contribution in [-0.2, 0) is 10.2 Å². The number of hydrogen-bond donors (Lipinski definition) is 3. The maximum atomic E-state index is 11.3. The fraction of sp³-hybridized carbons (Fsp3) is 1.00. The monoisotopic (exact) mass is 238 g/mol. The van der Waals surface area contributed by atoms with Crippen LogP contribution in [0, 0.1) is 5.92 Å². The third-order valence-corrected chi connectivity index (χ3v) is 2.91. The molecular weight excluding hydrogens is 216 g/mol. The van der Waals surface area contributed by atoms with Crippen molar-refractivity contribution in [2.75, 3.05) is 13.1 Å². The van der Waals surface area contributed by atoms with Gasteiger partial charge in [-0.1, -0.05) is 27.2 Å². The van der Waals surface area contributed by atoms with Gasteiger partial charge in [0.25, 0.3) is 10.2 Å². The molecule has 0 aromatic carbocycles. The molecule has 0 aliphatic carbocycles. The highest BCUT2D eigenvalue weighted by atomic mass is 32.2. The Kier molecular flexibility index (Phi) is 7.08. The van der Waals surface area contributed by atoms with Crippen LogP contribution in [0.3, 0.4) is 0 Å². The summed E-state index contributed by atoms with van der Waals surface area (Å²) in [5.74, 6) is 0.266. The first-order valence-electron chi connectivity index (χ1n) is 5.29. The molecule has 92 valence electrons. The van der Waals surface area contributed by atoms with Crippen LogP contribution < -0.4 is 9.44 Å². The number of hydrogen-bond acceptors (Lipinski definition) is 3. The Hall–Kier alpha value is -0.170. The van der Waals surface area contributed by atoms with Gasteiger partial charge in [-0.25, -0.2) is 4.72 Å². The van der Waals surface area contributed by atoms with Gasteiger partial charge in [0.05, 0.1) is 6.10 Å². The van der Waals surface area contributed by atoms with E-state index in [1.807, 2.05) is 20.8 Å². The molecule has 1 atom stereocenters. The van der Waals surface area contributed by atoms with Gasteiger partial charge < -0.3 is 5.11 Å². The van der Waals surface area contributed by atoms with Gasteiger partial charge in [-0.3, -0.25) is 0 Å². The quantitative estimate of drug-likeness (QED) is 0.566. The fourth-order valence-electron chi connectivity index (χ4n) is 0.969. The Balaban J connectivity index is 3.83. The Bertz CT molecular complexity index is 252. The Labute approximate surface area is 92.4 Å². The lowest BCUT2D eigenvalue weighted by atomic mass is 10.2. The summed E-state index contributed by atoms with van der Waals surface area (Å²) >= 11 is 0. The molecule has 0 aliphatic heterocycles. The van der Waals surface area contributed by atoms with Gasteiger partial charge in [-0.05, 0) is 12.3 Å². The zero-order valence-electron chi connectivity index (χ0n) is 9.66. The minimum atomic E-state index is -3.45. The molecule has 0 aliphatic rings. The van der Waals surface area contributed by atoms with E-state index in [0.29, 0.717) is 13.0 Å². The fourth-order valence-corrected chi connectivity index (χ4v) is 2.04. The molecule has 0 saturated carbocycles. The van der Waals surface area contributed by atoms with Crippen molar-refractivity contribution in [3.8, 4) is 0 Å². The second kappa shape index (κ2) is 7.16. The zero-order valence-corrected chi connectivity index (χ0v) is 10.5. The summed E-state index contributed by atoms with van der Waals surface area (Å²) in [4.78, 5) is 0. The highest BCUT2D eigenvalue weighted by molar-refractivity contribution is 7.87. The molecule has 15 heavy (non-hydrogen) atoms. The van der Waals surface area contributed by atoms with Gasteiger partial charge in [0.15, 0.2) is 0 Å². The van der Waals surface area contributed by atoms with Crippen LogP contribution in [0.1, 0.15) is 33.6 Å². The van der Waals surface area contributed by atoms with Crippen LogP contribution in [0.2, 0.25) is 0 Å². The van der Waals surface area contributed by atoms with Crippen molar-refractivity contribution in [3.63, 3.8) is 0 Å². The molecule has 0 bridgehead atoms. The molecule has 0 aromatic heterocycles. The van der Waals surface area contributed by atoms with E-state index in [2.05, 4.69) is 9.44 Å². The van der Waals surface area contributed by atoms with Crippen molar-refractivity contribution in [3.05, 3.63) is 0 Å².